The van der Waals surface area contributed by atoms with E-state index in [1.165, 1.54) is 257 Å². The number of amides is 5. The molecular formula is C77H154N8O5. The third-order valence-electron chi connectivity index (χ3n) is 18.4. The smallest absolute Gasteiger partial charge is 0.234 e. The van der Waals surface area contributed by atoms with Crippen LogP contribution in [0.25, 0.3) is 0 Å². The van der Waals surface area contributed by atoms with Crippen LogP contribution in [-0.4, -0.2) is 124 Å². The fraction of sp³-hybridized carbons (Fsp3) is 0.935. The van der Waals surface area contributed by atoms with Crippen LogP contribution < -0.4 is 31.9 Å². The zero-order chi connectivity index (χ0) is 65.5. The highest BCUT2D eigenvalue weighted by molar-refractivity contribution is 5.81. The van der Waals surface area contributed by atoms with Gasteiger partial charge in [-0.05, 0) is 51.0 Å². The molecule has 0 bridgehead atoms. The van der Waals surface area contributed by atoms with Crippen molar-refractivity contribution < 1.29 is 24.0 Å². The van der Waals surface area contributed by atoms with Crippen LogP contribution in [0.1, 0.15) is 375 Å². The third kappa shape index (κ3) is 66.7. The van der Waals surface area contributed by atoms with Gasteiger partial charge in [0.2, 0.25) is 29.5 Å². The second-order valence-electron chi connectivity index (χ2n) is 27.5. The van der Waals surface area contributed by atoms with E-state index in [4.69, 9.17) is 0 Å². The summed E-state index contributed by atoms with van der Waals surface area (Å²) in [7, 11) is 0. The maximum absolute atomic E-state index is 13.7. The van der Waals surface area contributed by atoms with Gasteiger partial charge in [0, 0.05) is 71.7 Å². The molecule has 0 atom stereocenters. The van der Waals surface area contributed by atoms with Crippen molar-refractivity contribution in [3.8, 4) is 0 Å². The number of unbranched alkanes of at least 4 members (excludes halogenated alkanes) is 45. The minimum Gasteiger partial charge on any atom is -0.356 e. The first-order chi connectivity index (χ1) is 44.2. The molecule has 0 saturated carbocycles. The number of rotatable bonds is 74. The number of hydrogen-bond acceptors (Lipinski definition) is 8. The molecule has 0 aromatic heterocycles. The van der Waals surface area contributed by atoms with E-state index in [1.54, 1.807) is 0 Å². The Balaban J connectivity index is 5.84. The van der Waals surface area contributed by atoms with Crippen molar-refractivity contribution in [2.75, 3.05) is 85.1 Å². The number of carbonyl (C=O) groups excluding carboxylic acids is 5. The van der Waals surface area contributed by atoms with Crippen LogP contribution in [-0.2, 0) is 24.0 Å². The summed E-state index contributed by atoms with van der Waals surface area (Å²) in [5, 5.41) is 19.5. The SMILES string of the molecule is CCCCCCCCCCCCNC(=O)CC(CCN(CCNCCN(CC(=O)NCCCCCCCCCCCC)CC(=O)NCCCCCCCCCCCC)CC(=O)NCCCCCCCCCCCC)CC(=O)NCCCCCCCCCCCC. The lowest BCUT2D eigenvalue weighted by Crippen LogP contribution is -2.46. The van der Waals surface area contributed by atoms with Crippen molar-refractivity contribution in [3.63, 3.8) is 0 Å². The lowest BCUT2D eigenvalue weighted by molar-refractivity contribution is -0.126. The number of hydrogen-bond donors (Lipinski definition) is 6. The fourth-order valence-corrected chi connectivity index (χ4v) is 12.4. The lowest BCUT2D eigenvalue weighted by Gasteiger charge is -2.25. The first-order valence-electron chi connectivity index (χ1n) is 39.7. The maximum Gasteiger partial charge on any atom is 0.234 e. The van der Waals surface area contributed by atoms with Gasteiger partial charge in [-0.15, -0.1) is 0 Å². The van der Waals surface area contributed by atoms with Crippen LogP contribution in [0.4, 0.5) is 0 Å². The monoisotopic (exact) mass is 1270 g/mol. The van der Waals surface area contributed by atoms with Crippen molar-refractivity contribution in [2.45, 2.75) is 375 Å². The van der Waals surface area contributed by atoms with Crippen molar-refractivity contribution >= 4 is 29.5 Å². The van der Waals surface area contributed by atoms with E-state index in [9.17, 15) is 24.0 Å². The molecule has 0 aliphatic heterocycles. The van der Waals surface area contributed by atoms with E-state index in [2.05, 4.69) is 71.4 Å². The Morgan fingerprint density at radius 1 is 0.233 bits per heavy atom. The molecule has 90 heavy (non-hydrogen) atoms. The fourth-order valence-electron chi connectivity index (χ4n) is 12.4. The molecule has 0 radical (unpaired) electrons. The lowest BCUT2D eigenvalue weighted by atomic mass is 9.96. The number of carbonyl (C=O) groups is 5. The van der Waals surface area contributed by atoms with E-state index in [1.807, 2.05) is 4.90 Å². The predicted octanol–water partition coefficient (Wildman–Crippen LogP) is 18.2. The van der Waals surface area contributed by atoms with Gasteiger partial charge in [-0.1, -0.05) is 324 Å². The highest BCUT2D eigenvalue weighted by Crippen LogP contribution is 2.18. The van der Waals surface area contributed by atoms with Gasteiger partial charge in [0.1, 0.15) is 0 Å². The number of nitrogens with zero attached hydrogens (tertiary/aromatic N) is 2. The van der Waals surface area contributed by atoms with Gasteiger partial charge >= 0.3 is 0 Å². The topological polar surface area (TPSA) is 164 Å². The second kappa shape index (κ2) is 72.1. The van der Waals surface area contributed by atoms with Gasteiger partial charge in [-0.25, -0.2) is 0 Å². The van der Waals surface area contributed by atoms with Crippen LogP contribution in [0.15, 0.2) is 0 Å². The van der Waals surface area contributed by atoms with E-state index >= 15 is 0 Å². The van der Waals surface area contributed by atoms with Crippen LogP contribution >= 0.6 is 0 Å². The maximum atomic E-state index is 13.7. The minimum absolute atomic E-state index is 0.00440. The van der Waals surface area contributed by atoms with Crippen molar-refractivity contribution in [1.29, 1.82) is 0 Å². The van der Waals surface area contributed by atoms with Gasteiger partial charge in [0.05, 0.1) is 19.6 Å². The summed E-state index contributed by atoms with van der Waals surface area (Å²) < 4.78 is 0. The summed E-state index contributed by atoms with van der Waals surface area (Å²) >= 11 is 0. The predicted molar refractivity (Wildman–Crippen MR) is 387 cm³/mol. The molecular weight excluding hydrogens is 1120 g/mol. The first kappa shape index (κ1) is 87.2. The average Bonchev–Trinajstić information content (AvgIpc) is 3.59. The molecule has 13 nitrogen and oxygen atoms in total. The molecule has 0 spiro atoms. The van der Waals surface area contributed by atoms with Crippen LogP contribution in [0.3, 0.4) is 0 Å². The summed E-state index contributed by atoms with van der Waals surface area (Å²) in [6.45, 7) is 18.1. The van der Waals surface area contributed by atoms with Gasteiger partial charge in [-0.3, -0.25) is 33.8 Å². The molecule has 0 saturated heterocycles. The summed E-state index contributed by atoms with van der Waals surface area (Å²) in [5.74, 6) is -0.229. The Hall–Kier alpha value is -2.77. The Bertz CT molecular complexity index is 1470. The molecule has 0 fully saturated rings. The van der Waals surface area contributed by atoms with E-state index in [0.717, 1.165) is 64.2 Å². The molecule has 0 aliphatic carbocycles. The summed E-state index contributed by atoms with van der Waals surface area (Å²) in [6.07, 6.45) is 63.6. The average molecular weight is 1270 g/mol. The minimum atomic E-state index is -0.156. The molecule has 0 aromatic rings. The van der Waals surface area contributed by atoms with Crippen LogP contribution in [0.2, 0.25) is 0 Å². The zero-order valence-electron chi connectivity index (χ0n) is 60.7. The summed E-state index contributed by atoms with van der Waals surface area (Å²) in [5.41, 5.74) is 0. The van der Waals surface area contributed by atoms with E-state index < -0.39 is 0 Å². The molecule has 5 amide bonds. The van der Waals surface area contributed by atoms with Gasteiger partial charge in [-0.2, -0.15) is 0 Å². The van der Waals surface area contributed by atoms with Crippen molar-refractivity contribution in [3.05, 3.63) is 0 Å². The Labute approximate surface area is 558 Å². The summed E-state index contributed by atoms with van der Waals surface area (Å²) in [4.78, 5) is 71.7. The largest absolute Gasteiger partial charge is 0.356 e. The highest BCUT2D eigenvalue weighted by Gasteiger charge is 2.21. The van der Waals surface area contributed by atoms with Gasteiger partial charge in [0.15, 0.2) is 0 Å². The molecule has 0 unspecified atom stereocenters. The zero-order valence-corrected chi connectivity index (χ0v) is 60.7. The standard InChI is InChI=1S/C77H154N8O5/c1-6-11-16-21-26-31-36-41-46-51-57-79-73(86)67-72(68-74(87)80-58-52-47-42-37-32-27-22-17-12-7-2)56-64-84(69-75(88)81-59-53-48-43-38-33-28-23-18-13-8-3)65-62-78-63-66-85(70-76(89)82-60-54-49-44-39-34-29-24-19-14-9-4)71-77(90)83-61-55-50-45-40-35-30-25-20-15-10-5/h72,78H,6-71H2,1-5H3,(H,79,86)(H,80,87)(H,81,88)(H,82,89)(H,83,90). The molecule has 0 rings (SSSR count). The third-order valence-corrected chi connectivity index (χ3v) is 18.4. The Morgan fingerprint density at radius 3 is 0.678 bits per heavy atom. The van der Waals surface area contributed by atoms with Gasteiger partial charge in [0.25, 0.3) is 0 Å². The normalized spacial score (nSPS) is 11.6. The van der Waals surface area contributed by atoms with Crippen molar-refractivity contribution in [1.82, 2.24) is 41.7 Å². The van der Waals surface area contributed by atoms with Crippen LogP contribution in [0, 0.1) is 5.92 Å². The van der Waals surface area contributed by atoms with E-state index in [0.29, 0.717) is 71.9 Å². The van der Waals surface area contributed by atoms with E-state index in [-0.39, 0.29) is 67.9 Å². The van der Waals surface area contributed by atoms with Crippen molar-refractivity contribution in [2.24, 2.45) is 5.92 Å². The van der Waals surface area contributed by atoms with Gasteiger partial charge < -0.3 is 31.9 Å². The van der Waals surface area contributed by atoms with Crippen LogP contribution in [0.5, 0.6) is 0 Å². The molecule has 6 N–H and O–H groups in total. The highest BCUT2D eigenvalue weighted by atomic mass is 16.2. The quantitative estimate of drug-likeness (QED) is 0.0328. The Morgan fingerprint density at radius 2 is 0.433 bits per heavy atom. The summed E-state index contributed by atoms with van der Waals surface area (Å²) in [6, 6.07) is 0. The first-order valence-corrected chi connectivity index (χ1v) is 39.7. The Kier molecular flexibility index (Phi) is 69.8. The molecule has 13 heteroatoms. The molecule has 532 valence electrons. The number of nitrogens with one attached hydrogen (secondary N) is 6. The molecule has 0 aliphatic rings. The molecule has 0 heterocycles. The second-order valence-corrected chi connectivity index (χ2v) is 27.5. The molecule has 0 aromatic carbocycles.